The molecule has 0 N–H and O–H groups in total. The van der Waals surface area contributed by atoms with Gasteiger partial charge in [-0.25, -0.2) is 4.39 Å². The summed E-state index contributed by atoms with van der Waals surface area (Å²) >= 11 is 5.72. The molecule has 11 heavy (non-hydrogen) atoms. The summed E-state index contributed by atoms with van der Waals surface area (Å²) in [5.74, 6) is -0.160. The van der Waals surface area contributed by atoms with Crippen LogP contribution in [0.4, 0.5) is 4.39 Å². The van der Waals surface area contributed by atoms with E-state index in [1.807, 2.05) is 0 Å². The van der Waals surface area contributed by atoms with E-state index in [0.29, 0.717) is 10.6 Å². The van der Waals surface area contributed by atoms with Crippen molar-refractivity contribution in [2.24, 2.45) is 0 Å². The number of ether oxygens (including phenoxy) is 1. The van der Waals surface area contributed by atoms with E-state index in [4.69, 9.17) is 16.3 Å². The molecule has 0 radical (unpaired) electrons. The Bertz CT molecular complexity index is 273. The molecular weight excluding hydrogens is 167 g/mol. The largest absolute Gasteiger partial charge is 0.493 e. The van der Waals surface area contributed by atoms with E-state index in [9.17, 15) is 4.39 Å². The fourth-order valence-electron chi connectivity index (χ4n) is 0.885. The number of rotatable bonds is 1. The zero-order valence-corrected chi connectivity index (χ0v) is 7.07. The Kier molecular flexibility index (Phi) is 2.35. The third-order valence-corrected chi connectivity index (χ3v) is 1.91. The summed E-state index contributed by atoms with van der Waals surface area (Å²) in [6.07, 6.45) is 0. The molecule has 1 nitrogen and oxygen atoms in total. The van der Waals surface area contributed by atoms with Crippen LogP contribution in [0.2, 0.25) is 5.02 Å². The van der Waals surface area contributed by atoms with Gasteiger partial charge in [0.2, 0.25) is 0 Å². The van der Waals surface area contributed by atoms with Crippen molar-refractivity contribution in [3.05, 3.63) is 28.5 Å². The van der Waals surface area contributed by atoms with Crippen LogP contribution in [0, 0.1) is 12.7 Å². The van der Waals surface area contributed by atoms with Crippen LogP contribution in [0.5, 0.6) is 5.75 Å². The maximum Gasteiger partial charge on any atom is 0.165 e. The molecule has 0 heterocycles. The van der Waals surface area contributed by atoms with E-state index in [0.717, 1.165) is 0 Å². The van der Waals surface area contributed by atoms with E-state index >= 15 is 0 Å². The van der Waals surface area contributed by atoms with Gasteiger partial charge in [0.25, 0.3) is 0 Å². The van der Waals surface area contributed by atoms with Crippen molar-refractivity contribution in [3.8, 4) is 5.75 Å². The second-order valence-electron chi connectivity index (χ2n) is 2.19. The molecule has 0 unspecified atom stereocenters. The topological polar surface area (TPSA) is 9.23 Å². The van der Waals surface area contributed by atoms with Crippen LogP contribution in [0.15, 0.2) is 12.1 Å². The molecule has 0 amide bonds. The molecular formula is C8H8ClFO. The summed E-state index contributed by atoms with van der Waals surface area (Å²) in [5.41, 5.74) is 0.633. The van der Waals surface area contributed by atoms with Gasteiger partial charge in [0, 0.05) is 10.6 Å². The molecule has 60 valence electrons. The molecule has 0 saturated heterocycles. The lowest BCUT2D eigenvalue weighted by atomic mass is 10.2. The quantitative estimate of drug-likeness (QED) is 0.636. The van der Waals surface area contributed by atoms with Crippen LogP contribution in [0.3, 0.4) is 0 Å². The predicted octanol–water partition coefficient (Wildman–Crippen LogP) is 2.80. The number of methoxy groups -OCH3 is 1. The van der Waals surface area contributed by atoms with Crippen molar-refractivity contribution in [2.75, 3.05) is 7.11 Å². The minimum absolute atomic E-state index is 0.220. The second kappa shape index (κ2) is 3.09. The molecule has 0 aromatic heterocycles. The van der Waals surface area contributed by atoms with E-state index < -0.39 is 0 Å². The fourth-order valence-corrected chi connectivity index (χ4v) is 1.03. The fraction of sp³-hybridized carbons (Fsp3) is 0.250. The molecule has 1 aromatic rings. The zero-order chi connectivity index (χ0) is 8.43. The maximum atomic E-state index is 12.8. The van der Waals surface area contributed by atoms with E-state index in [2.05, 4.69) is 0 Å². The summed E-state index contributed by atoms with van der Waals surface area (Å²) in [5, 5.41) is 0.517. The highest BCUT2D eigenvalue weighted by Crippen LogP contribution is 2.27. The number of hydrogen-bond donors (Lipinski definition) is 0. The van der Waals surface area contributed by atoms with Gasteiger partial charge in [-0.3, -0.25) is 0 Å². The Labute approximate surface area is 69.7 Å². The minimum Gasteiger partial charge on any atom is -0.493 e. The Hall–Kier alpha value is -0.760. The molecule has 0 atom stereocenters. The van der Waals surface area contributed by atoms with Crippen LogP contribution >= 0.6 is 11.6 Å². The first-order chi connectivity index (χ1) is 5.16. The van der Waals surface area contributed by atoms with Crippen LogP contribution in [0.25, 0.3) is 0 Å². The Morgan fingerprint density at radius 1 is 1.45 bits per heavy atom. The Balaban J connectivity index is 3.29. The molecule has 0 spiro atoms. The number of halogens is 2. The third kappa shape index (κ3) is 1.46. The van der Waals surface area contributed by atoms with Crippen LogP contribution in [-0.4, -0.2) is 7.11 Å². The molecule has 0 saturated carbocycles. The SMILES string of the molecule is COc1c(F)ccc(Cl)c1C. The lowest BCUT2D eigenvalue weighted by Crippen LogP contribution is -1.91. The van der Waals surface area contributed by atoms with Gasteiger partial charge < -0.3 is 4.74 Å². The lowest BCUT2D eigenvalue weighted by Gasteiger charge is -2.06. The molecule has 0 fully saturated rings. The van der Waals surface area contributed by atoms with Crippen molar-refractivity contribution in [1.29, 1.82) is 0 Å². The van der Waals surface area contributed by atoms with E-state index in [1.165, 1.54) is 19.2 Å². The minimum atomic E-state index is -0.380. The van der Waals surface area contributed by atoms with Crippen molar-refractivity contribution in [2.45, 2.75) is 6.92 Å². The second-order valence-corrected chi connectivity index (χ2v) is 2.59. The third-order valence-electron chi connectivity index (χ3n) is 1.50. The van der Waals surface area contributed by atoms with Gasteiger partial charge in [0.05, 0.1) is 7.11 Å². The van der Waals surface area contributed by atoms with Gasteiger partial charge in [0.15, 0.2) is 11.6 Å². The predicted molar refractivity (Wildman–Crippen MR) is 42.7 cm³/mol. The summed E-state index contributed by atoms with van der Waals surface area (Å²) < 4.78 is 17.6. The average molecular weight is 175 g/mol. The van der Waals surface area contributed by atoms with Gasteiger partial charge in [-0.05, 0) is 19.1 Å². The van der Waals surface area contributed by atoms with Crippen molar-refractivity contribution < 1.29 is 9.13 Å². The summed E-state index contributed by atoms with van der Waals surface area (Å²) in [7, 11) is 1.42. The highest BCUT2D eigenvalue weighted by atomic mass is 35.5. The Morgan fingerprint density at radius 2 is 2.09 bits per heavy atom. The zero-order valence-electron chi connectivity index (χ0n) is 6.32. The van der Waals surface area contributed by atoms with Gasteiger partial charge >= 0.3 is 0 Å². The van der Waals surface area contributed by atoms with Gasteiger partial charge in [-0.1, -0.05) is 11.6 Å². The summed E-state index contributed by atoms with van der Waals surface area (Å²) in [6.45, 7) is 1.71. The van der Waals surface area contributed by atoms with Crippen LogP contribution in [0.1, 0.15) is 5.56 Å². The molecule has 0 bridgehead atoms. The number of hydrogen-bond acceptors (Lipinski definition) is 1. The molecule has 1 rings (SSSR count). The van der Waals surface area contributed by atoms with Crippen molar-refractivity contribution >= 4 is 11.6 Å². The van der Waals surface area contributed by atoms with Crippen LogP contribution < -0.4 is 4.74 Å². The molecule has 1 aromatic carbocycles. The molecule has 0 aliphatic carbocycles. The highest BCUT2D eigenvalue weighted by molar-refractivity contribution is 6.31. The maximum absolute atomic E-state index is 12.8. The van der Waals surface area contributed by atoms with Crippen LogP contribution in [-0.2, 0) is 0 Å². The van der Waals surface area contributed by atoms with E-state index in [1.54, 1.807) is 6.92 Å². The normalized spacial score (nSPS) is 9.82. The first-order valence-corrected chi connectivity index (χ1v) is 3.53. The molecule has 0 aliphatic heterocycles. The average Bonchev–Trinajstić information content (AvgIpc) is 1.99. The van der Waals surface area contributed by atoms with E-state index in [-0.39, 0.29) is 11.6 Å². The monoisotopic (exact) mass is 174 g/mol. The highest BCUT2D eigenvalue weighted by Gasteiger charge is 2.07. The van der Waals surface area contributed by atoms with Gasteiger partial charge in [-0.2, -0.15) is 0 Å². The standard InChI is InChI=1S/C8H8ClFO/c1-5-6(9)3-4-7(10)8(5)11-2/h3-4H,1-2H3. The number of benzene rings is 1. The van der Waals surface area contributed by atoms with Gasteiger partial charge in [0.1, 0.15) is 0 Å². The first-order valence-electron chi connectivity index (χ1n) is 3.15. The molecule has 3 heteroatoms. The Morgan fingerprint density at radius 3 is 2.55 bits per heavy atom. The first kappa shape index (κ1) is 8.34. The van der Waals surface area contributed by atoms with Crippen molar-refractivity contribution in [3.63, 3.8) is 0 Å². The van der Waals surface area contributed by atoms with Crippen molar-refractivity contribution in [1.82, 2.24) is 0 Å². The molecule has 0 aliphatic rings. The van der Waals surface area contributed by atoms with Gasteiger partial charge in [-0.15, -0.1) is 0 Å². The summed E-state index contributed by atoms with van der Waals surface area (Å²) in [4.78, 5) is 0. The smallest absolute Gasteiger partial charge is 0.165 e. The lowest BCUT2D eigenvalue weighted by molar-refractivity contribution is 0.383. The summed E-state index contributed by atoms with van der Waals surface area (Å²) in [6, 6.07) is 2.79.